The minimum Gasteiger partial charge on any atom is -0.264 e. The number of hydrogen-bond acceptors (Lipinski definition) is 2. The molecule has 0 saturated heterocycles. The van der Waals surface area contributed by atoms with Crippen LogP contribution in [0, 0.1) is 17.2 Å². The molecule has 0 aromatic rings. The number of rotatable bonds is 0. The standard InChI is InChI=1S/CH2NO2/c1-2(3)4/h1H2. The third-order valence-electron chi connectivity index (χ3n) is 0. The summed E-state index contributed by atoms with van der Waals surface area (Å²) in [6, 6.07) is 0. The molecular formula is CH2NO2. The fourth-order valence-corrected chi connectivity index (χ4v) is 0. The lowest BCUT2D eigenvalue weighted by Crippen LogP contribution is -1.74. The van der Waals surface area contributed by atoms with Gasteiger partial charge in [0.25, 0.3) is 7.05 Å². The van der Waals surface area contributed by atoms with E-state index in [2.05, 4.69) is 7.05 Å². The first-order chi connectivity index (χ1) is 1.73. The monoisotopic (exact) mass is 60.0 g/mol. The van der Waals surface area contributed by atoms with Crippen molar-refractivity contribution >= 4 is 0 Å². The van der Waals surface area contributed by atoms with E-state index < -0.39 is 4.92 Å². The SMILES string of the molecule is [CH2][N+](=O)[O-]. The van der Waals surface area contributed by atoms with Gasteiger partial charge in [-0.2, -0.15) is 0 Å². The summed E-state index contributed by atoms with van der Waals surface area (Å²) in [5.74, 6) is 0. The lowest BCUT2D eigenvalue weighted by molar-refractivity contribution is -0.410. The van der Waals surface area contributed by atoms with E-state index in [4.69, 9.17) is 10.1 Å². The van der Waals surface area contributed by atoms with Crippen LogP contribution >= 0.6 is 0 Å². The van der Waals surface area contributed by atoms with Crippen LogP contribution in [0.5, 0.6) is 0 Å². The van der Waals surface area contributed by atoms with Gasteiger partial charge in [0.15, 0.2) is 0 Å². The van der Waals surface area contributed by atoms with Crippen molar-refractivity contribution in [2.24, 2.45) is 0 Å². The zero-order valence-corrected chi connectivity index (χ0v) is 1.97. The van der Waals surface area contributed by atoms with E-state index in [-0.39, 0.29) is 0 Å². The van der Waals surface area contributed by atoms with Gasteiger partial charge in [0, 0.05) is 4.92 Å². The first kappa shape index (κ1) is 3.40. The van der Waals surface area contributed by atoms with Gasteiger partial charge in [0.1, 0.15) is 0 Å². The lowest BCUT2D eigenvalue weighted by Gasteiger charge is -1.61. The van der Waals surface area contributed by atoms with Gasteiger partial charge >= 0.3 is 0 Å². The smallest absolute Gasteiger partial charge is 0.264 e. The molecule has 0 bridgehead atoms. The minimum atomic E-state index is -0.750. The molecule has 4 heavy (non-hydrogen) atoms. The maximum Gasteiger partial charge on any atom is 0.267 e. The molecule has 0 saturated carbocycles. The van der Waals surface area contributed by atoms with Crippen molar-refractivity contribution in [3.05, 3.63) is 17.2 Å². The Labute approximate surface area is 23.4 Å². The van der Waals surface area contributed by atoms with Crippen molar-refractivity contribution in [1.82, 2.24) is 0 Å². The van der Waals surface area contributed by atoms with E-state index in [1.807, 2.05) is 0 Å². The van der Waals surface area contributed by atoms with Crippen molar-refractivity contribution in [2.75, 3.05) is 0 Å². The van der Waals surface area contributed by atoms with Crippen LogP contribution in [0.15, 0.2) is 0 Å². The normalized spacial score (nSPS) is 6.25. The average Bonchev–Trinajstić information content (AvgIpc) is 0.811. The molecule has 1 radical (unpaired) electrons. The highest BCUT2D eigenvalue weighted by molar-refractivity contribution is 3.99. The van der Waals surface area contributed by atoms with E-state index in [1.54, 1.807) is 0 Å². The predicted molar refractivity (Wildman–Crippen MR) is 12.4 cm³/mol. The lowest BCUT2D eigenvalue weighted by atomic mass is 11.5. The second-order valence-electron chi connectivity index (χ2n) is 0.333. The van der Waals surface area contributed by atoms with E-state index >= 15 is 0 Å². The Bertz CT molecular complexity index is 29.0. The Balaban J connectivity index is 2.80. The maximum absolute atomic E-state index is 8.69. The molecule has 0 heterocycles. The highest BCUT2D eigenvalue weighted by atomic mass is 16.6. The first-order valence-electron chi connectivity index (χ1n) is 0.681. The number of nitrogens with zero attached hydrogens (tertiary/aromatic N) is 1. The fourth-order valence-electron chi connectivity index (χ4n) is 0. The molecule has 23 valence electrons. The summed E-state index contributed by atoms with van der Waals surface area (Å²) in [7, 11) is 2.36. The van der Waals surface area contributed by atoms with Crippen molar-refractivity contribution < 1.29 is 4.92 Å². The summed E-state index contributed by atoms with van der Waals surface area (Å²) in [6.45, 7) is 0. The molecule has 0 rings (SSSR count). The molecule has 0 aliphatic carbocycles. The van der Waals surface area contributed by atoms with Crippen LogP contribution in [0.25, 0.3) is 0 Å². The van der Waals surface area contributed by atoms with E-state index in [1.165, 1.54) is 0 Å². The topological polar surface area (TPSA) is 43.1 Å². The summed E-state index contributed by atoms with van der Waals surface area (Å²) in [5, 5.41) is 8.69. The van der Waals surface area contributed by atoms with Crippen LogP contribution in [0.2, 0.25) is 0 Å². The second kappa shape index (κ2) is 0.817. The highest BCUT2D eigenvalue weighted by Crippen LogP contribution is 1.45. The minimum absolute atomic E-state index is 0.750. The van der Waals surface area contributed by atoms with Crippen LogP contribution in [0.4, 0.5) is 0 Å². The Morgan fingerprint density at radius 2 is 2.00 bits per heavy atom. The van der Waals surface area contributed by atoms with Gasteiger partial charge in [0.2, 0.25) is 0 Å². The quantitative estimate of drug-likeness (QED) is 0.293. The molecule has 0 atom stereocenters. The summed E-state index contributed by atoms with van der Waals surface area (Å²) < 4.78 is 0. The van der Waals surface area contributed by atoms with Gasteiger partial charge in [-0.05, 0) is 0 Å². The summed E-state index contributed by atoms with van der Waals surface area (Å²) in [5.41, 5.74) is 0. The van der Waals surface area contributed by atoms with E-state index in [0.717, 1.165) is 0 Å². The largest absolute Gasteiger partial charge is 0.267 e. The van der Waals surface area contributed by atoms with Crippen LogP contribution < -0.4 is 0 Å². The molecule has 0 aromatic carbocycles. The van der Waals surface area contributed by atoms with Gasteiger partial charge in [-0.25, -0.2) is 0 Å². The molecule has 3 nitrogen and oxygen atoms in total. The van der Waals surface area contributed by atoms with Crippen LogP contribution in [0.3, 0.4) is 0 Å². The number of hydrogen-bond donors (Lipinski definition) is 0. The van der Waals surface area contributed by atoms with Crippen LogP contribution in [0.1, 0.15) is 0 Å². The van der Waals surface area contributed by atoms with Crippen molar-refractivity contribution in [3.8, 4) is 0 Å². The zero-order valence-electron chi connectivity index (χ0n) is 1.97. The summed E-state index contributed by atoms with van der Waals surface area (Å²) in [6.07, 6.45) is 0. The molecular weight excluding hydrogens is 58.0 g/mol. The summed E-state index contributed by atoms with van der Waals surface area (Å²) in [4.78, 5) is 7.94. The van der Waals surface area contributed by atoms with Crippen molar-refractivity contribution in [1.29, 1.82) is 0 Å². The number of nitro groups is 1. The van der Waals surface area contributed by atoms with Crippen molar-refractivity contribution in [3.63, 3.8) is 0 Å². The molecule has 0 aliphatic rings. The van der Waals surface area contributed by atoms with Gasteiger partial charge < -0.3 is 0 Å². The first-order valence-corrected chi connectivity index (χ1v) is 0.681. The maximum atomic E-state index is 8.69. The molecule has 0 unspecified atom stereocenters. The molecule has 0 aliphatic heterocycles. The molecule has 3 heteroatoms. The van der Waals surface area contributed by atoms with Gasteiger partial charge in [-0.15, -0.1) is 0 Å². The van der Waals surface area contributed by atoms with Gasteiger partial charge in [-0.1, -0.05) is 0 Å². The molecule has 0 amide bonds. The van der Waals surface area contributed by atoms with E-state index in [0.29, 0.717) is 0 Å². The third-order valence-corrected chi connectivity index (χ3v) is 0. The highest BCUT2D eigenvalue weighted by Gasteiger charge is 1.59. The average molecular weight is 60.0 g/mol. The zero-order chi connectivity index (χ0) is 3.58. The van der Waals surface area contributed by atoms with Crippen LogP contribution in [-0.2, 0) is 0 Å². The molecule has 0 spiro atoms. The Morgan fingerprint density at radius 1 is 2.00 bits per heavy atom. The van der Waals surface area contributed by atoms with Crippen LogP contribution in [-0.4, -0.2) is 4.92 Å². The Hall–Kier alpha value is -0.600. The van der Waals surface area contributed by atoms with E-state index in [9.17, 15) is 0 Å². The Kier molecular flexibility index (Phi) is 0.694. The molecule has 0 N–H and O–H groups in total. The Morgan fingerprint density at radius 3 is 2.00 bits per heavy atom. The third kappa shape index (κ3) is 0.622. The molecule has 0 fully saturated rings. The fraction of sp³-hybridized carbons (Fsp3) is 0. The van der Waals surface area contributed by atoms with Crippen molar-refractivity contribution in [2.45, 2.75) is 0 Å². The van der Waals surface area contributed by atoms with Gasteiger partial charge in [0.05, 0.1) is 0 Å². The second-order valence-corrected chi connectivity index (χ2v) is 0.333. The molecule has 0 aromatic heterocycles. The summed E-state index contributed by atoms with van der Waals surface area (Å²) >= 11 is 0. The van der Waals surface area contributed by atoms with Gasteiger partial charge in [-0.3, -0.25) is 10.1 Å². The predicted octanol–water partition coefficient (Wildman–Crippen LogP) is 0.0547.